The van der Waals surface area contributed by atoms with Crippen LogP contribution < -0.4 is 5.43 Å². The van der Waals surface area contributed by atoms with Crippen molar-refractivity contribution < 1.29 is 13.6 Å². The van der Waals surface area contributed by atoms with Crippen molar-refractivity contribution in [2.45, 2.75) is 6.92 Å². The first-order valence-corrected chi connectivity index (χ1v) is 5.30. The van der Waals surface area contributed by atoms with E-state index in [2.05, 4.69) is 10.5 Å². The van der Waals surface area contributed by atoms with Gasteiger partial charge >= 0.3 is 0 Å². The number of nitrogens with zero attached hydrogens (tertiary/aromatic N) is 1. The zero-order valence-electron chi connectivity index (χ0n) is 9.68. The summed E-state index contributed by atoms with van der Waals surface area (Å²) in [5.74, 6) is 0.349. The third-order valence-corrected chi connectivity index (χ3v) is 2.21. The van der Waals surface area contributed by atoms with E-state index in [1.165, 1.54) is 24.4 Å². The summed E-state index contributed by atoms with van der Waals surface area (Å²) in [6, 6.07) is 8.89. The highest BCUT2D eigenvalue weighted by Crippen LogP contribution is 2.04. The van der Waals surface area contributed by atoms with E-state index in [9.17, 15) is 9.18 Å². The second kappa shape index (κ2) is 5.27. The number of aryl methyl sites for hydroxylation is 1. The standard InChI is InChI=1S/C13H11FN2O2/c1-9-5-6-12(18-9)8-15-16-13(17)10-3-2-4-11(14)7-10/h2-8H,1H3,(H,16,17)/b15-8+. The van der Waals surface area contributed by atoms with E-state index in [0.29, 0.717) is 5.76 Å². The van der Waals surface area contributed by atoms with Gasteiger partial charge in [-0.15, -0.1) is 0 Å². The summed E-state index contributed by atoms with van der Waals surface area (Å²) in [6.45, 7) is 1.81. The van der Waals surface area contributed by atoms with Crippen molar-refractivity contribution in [1.29, 1.82) is 0 Å². The molecule has 1 aromatic carbocycles. The van der Waals surface area contributed by atoms with Crippen molar-refractivity contribution >= 4 is 12.1 Å². The largest absolute Gasteiger partial charge is 0.460 e. The van der Waals surface area contributed by atoms with E-state index in [1.54, 1.807) is 12.1 Å². The van der Waals surface area contributed by atoms with Crippen molar-refractivity contribution in [3.8, 4) is 0 Å². The lowest BCUT2D eigenvalue weighted by Crippen LogP contribution is -2.17. The molecule has 2 aromatic rings. The molecule has 0 saturated carbocycles. The number of rotatable bonds is 3. The van der Waals surface area contributed by atoms with E-state index in [4.69, 9.17) is 4.42 Å². The summed E-state index contributed by atoms with van der Waals surface area (Å²) in [7, 11) is 0. The Morgan fingerprint density at radius 2 is 2.22 bits per heavy atom. The van der Waals surface area contributed by atoms with Crippen LogP contribution in [0.15, 0.2) is 45.9 Å². The number of carbonyl (C=O) groups excluding carboxylic acids is 1. The van der Waals surface area contributed by atoms with Crippen LogP contribution in [0.4, 0.5) is 4.39 Å². The fourth-order valence-corrected chi connectivity index (χ4v) is 1.37. The smallest absolute Gasteiger partial charge is 0.271 e. The van der Waals surface area contributed by atoms with Crippen LogP contribution in [-0.4, -0.2) is 12.1 Å². The predicted octanol–water partition coefficient (Wildman–Crippen LogP) is 2.49. The Morgan fingerprint density at radius 3 is 2.89 bits per heavy atom. The number of hydrogen-bond donors (Lipinski definition) is 1. The minimum absolute atomic E-state index is 0.211. The Hall–Kier alpha value is -2.43. The molecule has 1 aromatic heterocycles. The van der Waals surface area contributed by atoms with Gasteiger partial charge in [-0.25, -0.2) is 9.82 Å². The van der Waals surface area contributed by atoms with Crippen molar-refractivity contribution in [3.05, 3.63) is 59.3 Å². The maximum absolute atomic E-state index is 12.9. The summed E-state index contributed by atoms with van der Waals surface area (Å²) in [6.07, 6.45) is 1.38. The molecule has 5 heteroatoms. The number of hydrogen-bond acceptors (Lipinski definition) is 3. The summed E-state index contributed by atoms with van der Waals surface area (Å²) < 4.78 is 18.1. The first kappa shape index (κ1) is 12.0. The molecule has 1 amide bonds. The number of carbonyl (C=O) groups is 1. The molecule has 0 unspecified atom stereocenters. The lowest BCUT2D eigenvalue weighted by atomic mass is 10.2. The van der Waals surface area contributed by atoms with Gasteiger partial charge in [0.2, 0.25) is 0 Å². The highest BCUT2D eigenvalue weighted by molar-refractivity contribution is 5.94. The van der Waals surface area contributed by atoms with Crippen LogP contribution in [-0.2, 0) is 0 Å². The monoisotopic (exact) mass is 246 g/mol. The third-order valence-electron chi connectivity index (χ3n) is 2.21. The first-order valence-electron chi connectivity index (χ1n) is 5.30. The van der Waals surface area contributed by atoms with Crippen molar-refractivity contribution in [3.63, 3.8) is 0 Å². The number of hydrazone groups is 1. The average Bonchev–Trinajstić information content (AvgIpc) is 2.75. The molecule has 1 N–H and O–H groups in total. The summed E-state index contributed by atoms with van der Waals surface area (Å²) >= 11 is 0. The third kappa shape index (κ3) is 3.04. The summed E-state index contributed by atoms with van der Waals surface area (Å²) in [5.41, 5.74) is 2.50. The van der Waals surface area contributed by atoms with Gasteiger partial charge in [-0.05, 0) is 37.3 Å². The van der Waals surface area contributed by atoms with Gasteiger partial charge in [0.15, 0.2) is 0 Å². The van der Waals surface area contributed by atoms with Crippen molar-refractivity contribution in [2.75, 3.05) is 0 Å². The van der Waals surface area contributed by atoms with Gasteiger partial charge in [0, 0.05) is 5.56 Å². The number of benzene rings is 1. The minimum Gasteiger partial charge on any atom is -0.460 e. The fourth-order valence-electron chi connectivity index (χ4n) is 1.37. The van der Waals surface area contributed by atoms with Gasteiger partial charge in [0.05, 0.1) is 6.21 Å². The highest BCUT2D eigenvalue weighted by atomic mass is 19.1. The Labute approximate surface area is 103 Å². The van der Waals surface area contributed by atoms with Crippen LogP contribution in [0.25, 0.3) is 0 Å². The summed E-state index contributed by atoms with van der Waals surface area (Å²) in [4.78, 5) is 11.6. The Balaban J connectivity index is 1.98. The number of halogens is 1. The predicted molar refractivity (Wildman–Crippen MR) is 64.9 cm³/mol. The van der Waals surface area contributed by atoms with Crippen LogP contribution in [0, 0.1) is 12.7 Å². The quantitative estimate of drug-likeness (QED) is 0.668. The van der Waals surface area contributed by atoms with Gasteiger partial charge in [-0.1, -0.05) is 6.07 Å². The lowest BCUT2D eigenvalue weighted by molar-refractivity contribution is 0.0954. The van der Waals surface area contributed by atoms with Crippen LogP contribution in [0.1, 0.15) is 21.9 Å². The Morgan fingerprint density at radius 1 is 1.39 bits per heavy atom. The van der Waals surface area contributed by atoms with E-state index in [1.807, 2.05) is 6.92 Å². The van der Waals surface area contributed by atoms with Gasteiger partial charge < -0.3 is 4.42 Å². The highest BCUT2D eigenvalue weighted by Gasteiger charge is 2.04. The molecule has 0 bridgehead atoms. The maximum atomic E-state index is 12.9. The number of amides is 1. The molecule has 18 heavy (non-hydrogen) atoms. The van der Waals surface area contributed by atoms with Crippen molar-refractivity contribution in [1.82, 2.24) is 5.43 Å². The fraction of sp³-hybridized carbons (Fsp3) is 0.0769. The van der Waals surface area contributed by atoms with Crippen LogP contribution in [0.5, 0.6) is 0 Å². The van der Waals surface area contributed by atoms with Gasteiger partial charge in [-0.2, -0.15) is 5.10 Å². The SMILES string of the molecule is Cc1ccc(/C=N/NC(=O)c2cccc(F)c2)o1. The van der Waals surface area contributed by atoms with E-state index >= 15 is 0 Å². The normalized spacial score (nSPS) is 10.8. The zero-order chi connectivity index (χ0) is 13.0. The molecule has 1 heterocycles. The van der Waals surface area contributed by atoms with E-state index in [0.717, 1.165) is 11.8 Å². The minimum atomic E-state index is -0.478. The molecule has 0 aliphatic carbocycles. The second-order valence-corrected chi connectivity index (χ2v) is 3.66. The van der Waals surface area contributed by atoms with Gasteiger partial charge in [-0.3, -0.25) is 4.79 Å². The molecule has 0 aliphatic rings. The second-order valence-electron chi connectivity index (χ2n) is 3.66. The molecular formula is C13H11FN2O2. The molecule has 92 valence electrons. The number of furan rings is 1. The van der Waals surface area contributed by atoms with E-state index in [-0.39, 0.29) is 5.56 Å². The zero-order valence-corrected chi connectivity index (χ0v) is 9.68. The van der Waals surface area contributed by atoms with Crippen molar-refractivity contribution in [2.24, 2.45) is 5.10 Å². The van der Waals surface area contributed by atoms with Crippen LogP contribution in [0.3, 0.4) is 0 Å². The molecule has 0 fully saturated rings. The molecule has 0 atom stereocenters. The van der Waals surface area contributed by atoms with Gasteiger partial charge in [0.1, 0.15) is 17.3 Å². The molecule has 0 radical (unpaired) electrons. The molecule has 0 saturated heterocycles. The topological polar surface area (TPSA) is 54.6 Å². The first-order chi connectivity index (χ1) is 8.65. The van der Waals surface area contributed by atoms with Crippen LogP contribution in [0.2, 0.25) is 0 Å². The molecule has 0 spiro atoms. The Bertz CT molecular complexity index is 590. The van der Waals surface area contributed by atoms with Crippen LogP contribution >= 0.6 is 0 Å². The maximum Gasteiger partial charge on any atom is 0.271 e. The van der Waals surface area contributed by atoms with E-state index < -0.39 is 11.7 Å². The Kier molecular flexibility index (Phi) is 3.52. The lowest BCUT2D eigenvalue weighted by Gasteiger charge is -1.98. The molecule has 4 nitrogen and oxygen atoms in total. The number of nitrogens with one attached hydrogen (secondary N) is 1. The molecule has 0 aliphatic heterocycles. The average molecular weight is 246 g/mol. The molecule has 2 rings (SSSR count). The summed E-state index contributed by atoms with van der Waals surface area (Å²) in [5, 5.41) is 3.72. The van der Waals surface area contributed by atoms with Gasteiger partial charge in [0.25, 0.3) is 5.91 Å². The molecular weight excluding hydrogens is 235 g/mol.